The van der Waals surface area contributed by atoms with Crippen LogP contribution in [-0.4, -0.2) is 18.1 Å². The van der Waals surface area contributed by atoms with E-state index >= 15 is 0 Å². The maximum absolute atomic E-state index is 13.0. The standard InChI is InChI=1S/C12H15FN2O3.ClH/c13-9-1-2-10(11(7-9)15(16)17)12(14)8-3-5-18-6-4-8;/h1-2,7-8,12H,3-6,14H2;1H/t12-;/m0./s1. The Labute approximate surface area is 116 Å². The first-order chi connectivity index (χ1) is 8.59. The molecule has 106 valence electrons. The summed E-state index contributed by atoms with van der Waals surface area (Å²) in [7, 11) is 0. The van der Waals surface area contributed by atoms with E-state index in [2.05, 4.69) is 0 Å². The van der Waals surface area contributed by atoms with Crippen molar-refractivity contribution >= 4 is 18.1 Å². The summed E-state index contributed by atoms with van der Waals surface area (Å²) in [4.78, 5) is 10.3. The Bertz CT molecular complexity index is 453. The second-order valence-electron chi connectivity index (χ2n) is 4.44. The fourth-order valence-corrected chi connectivity index (χ4v) is 2.29. The van der Waals surface area contributed by atoms with E-state index in [1.165, 1.54) is 12.1 Å². The number of hydrogen-bond acceptors (Lipinski definition) is 4. The summed E-state index contributed by atoms with van der Waals surface area (Å²) in [5, 5.41) is 10.9. The van der Waals surface area contributed by atoms with E-state index < -0.39 is 16.8 Å². The number of nitro benzene ring substituents is 1. The number of nitrogens with zero attached hydrogens (tertiary/aromatic N) is 1. The van der Waals surface area contributed by atoms with Crippen LogP contribution in [0, 0.1) is 21.8 Å². The molecule has 1 fully saturated rings. The Morgan fingerprint density at radius 2 is 2.05 bits per heavy atom. The van der Waals surface area contributed by atoms with Crippen molar-refractivity contribution in [3.8, 4) is 0 Å². The molecule has 0 spiro atoms. The number of nitro groups is 1. The highest BCUT2D eigenvalue weighted by Gasteiger charge is 2.28. The summed E-state index contributed by atoms with van der Waals surface area (Å²) in [5.41, 5.74) is 6.23. The molecular formula is C12H16ClFN2O3. The predicted molar refractivity (Wildman–Crippen MR) is 70.8 cm³/mol. The van der Waals surface area contributed by atoms with Crippen molar-refractivity contribution in [3.63, 3.8) is 0 Å². The fourth-order valence-electron chi connectivity index (χ4n) is 2.29. The molecule has 7 heteroatoms. The molecule has 0 aromatic heterocycles. The Balaban J connectivity index is 0.00000180. The molecule has 0 unspecified atom stereocenters. The van der Waals surface area contributed by atoms with Gasteiger partial charge in [0.2, 0.25) is 0 Å². The average Bonchev–Trinajstić information content (AvgIpc) is 2.39. The highest BCUT2D eigenvalue weighted by atomic mass is 35.5. The molecule has 1 aromatic carbocycles. The van der Waals surface area contributed by atoms with E-state index in [1.807, 2.05) is 0 Å². The topological polar surface area (TPSA) is 78.4 Å². The van der Waals surface area contributed by atoms with E-state index in [1.54, 1.807) is 0 Å². The van der Waals surface area contributed by atoms with Gasteiger partial charge in [-0.25, -0.2) is 4.39 Å². The molecule has 1 atom stereocenters. The van der Waals surface area contributed by atoms with Gasteiger partial charge >= 0.3 is 0 Å². The molecule has 1 aromatic rings. The highest BCUT2D eigenvalue weighted by molar-refractivity contribution is 5.85. The van der Waals surface area contributed by atoms with Gasteiger partial charge in [-0.15, -0.1) is 12.4 Å². The molecule has 0 amide bonds. The van der Waals surface area contributed by atoms with Crippen LogP contribution in [0.15, 0.2) is 18.2 Å². The summed E-state index contributed by atoms with van der Waals surface area (Å²) in [6.07, 6.45) is 1.55. The van der Waals surface area contributed by atoms with E-state index in [0.717, 1.165) is 18.9 Å². The number of rotatable bonds is 3. The van der Waals surface area contributed by atoms with Gasteiger partial charge in [-0.3, -0.25) is 10.1 Å². The zero-order valence-corrected chi connectivity index (χ0v) is 11.1. The van der Waals surface area contributed by atoms with Crippen molar-refractivity contribution in [2.75, 3.05) is 13.2 Å². The third-order valence-electron chi connectivity index (χ3n) is 3.32. The van der Waals surface area contributed by atoms with Gasteiger partial charge in [-0.05, 0) is 30.9 Å². The van der Waals surface area contributed by atoms with Crippen molar-refractivity contribution in [3.05, 3.63) is 39.7 Å². The van der Waals surface area contributed by atoms with Crippen LogP contribution < -0.4 is 5.73 Å². The minimum atomic E-state index is -0.621. The molecule has 0 saturated carbocycles. The van der Waals surface area contributed by atoms with Crippen LogP contribution in [0.5, 0.6) is 0 Å². The predicted octanol–water partition coefficient (Wildman–Crippen LogP) is 2.58. The molecule has 2 rings (SSSR count). The van der Waals surface area contributed by atoms with Crippen LogP contribution in [0.3, 0.4) is 0 Å². The van der Waals surface area contributed by atoms with Gasteiger partial charge in [0.15, 0.2) is 0 Å². The quantitative estimate of drug-likeness (QED) is 0.685. The second-order valence-corrected chi connectivity index (χ2v) is 4.44. The van der Waals surface area contributed by atoms with Crippen molar-refractivity contribution in [2.24, 2.45) is 11.7 Å². The lowest BCUT2D eigenvalue weighted by atomic mass is 9.87. The van der Waals surface area contributed by atoms with Gasteiger partial charge in [0.1, 0.15) is 5.82 Å². The Kier molecular flexibility index (Phi) is 5.65. The smallest absolute Gasteiger partial charge is 0.277 e. The Morgan fingerprint density at radius 3 is 2.63 bits per heavy atom. The van der Waals surface area contributed by atoms with Crippen LogP contribution in [-0.2, 0) is 4.74 Å². The van der Waals surface area contributed by atoms with E-state index in [-0.39, 0.29) is 24.0 Å². The van der Waals surface area contributed by atoms with E-state index in [4.69, 9.17) is 10.5 Å². The minimum Gasteiger partial charge on any atom is -0.381 e. The lowest BCUT2D eigenvalue weighted by Crippen LogP contribution is -2.28. The lowest BCUT2D eigenvalue weighted by molar-refractivity contribution is -0.386. The number of nitrogens with two attached hydrogens (primary N) is 1. The molecular weight excluding hydrogens is 275 g/mol. The molecule has 2 N–H and O–H groups in total. The van der Waals surface area contributed by atoms with Gasteiger partial charge in [0.05, 0.1) is 11.0 Å². The molecule has 19 heavy (non-hydrogen) atoms. The zero-order chi connectivity index (χ0) is 13.1. The van der Waals surface area contributed by atoms with Gasteiger partial charge in [-0.1, -0.05) is 0 Å². The zero-order valence-electron chi connectivity index (χ0n) is 10.3. The number of ether oxygens (including phenoxy) is 1. The van der Waals surface area contributed by atoms with Crippen molar-refractivity contribution in [2.45, 2.75) is 18.9 Å². The van der Waals surface area contributed by atoms with Gasteiger partial charge in [0.25, 0.3) is 5.69 Å². The molecule has 1 aliphatic rings. The maximum atomic E-state index is 13.0. The average molecular weight is 291 g/mol. The van der Waals surface area contributed by atoms with E-state index in [9.17, 15) is 14.5 Å². The number of benzene rings is 1. The summed E-state index contributed by atoms with van der Waals surface area (Å²) in [6.45, 7) is 1.24. The van der Waals surface area contributed by atoms with Gasteiger partial charge < -0.3 is 10.5 Å². The van der Waals surface area contributed by atoms with Crippen molar-refractivity contribution < 1.29 is 14.1 Å². The van der Waals surface area contributed by atoms with Crippen LogP contribution in [0.1, 0.15) is 24.4 Å². The summed E-state index contributed by atoms with van der Waals surface area (Å²) >= 11 is 0. The summed E-state index contributed by atoms with van der Waals surface area (Å²) in [6, 6.07) is 3.10. The molecule has 0 aliphatic carbocycles. The molecule has 0 bridgehead atoms. The van der Waals surface area contributed by atoms with Gasteiger partial charge in [0, 0.05) is 24.8 Å². The van der Waals surface area contributed by atoms with Crippen LogP contribution in [0.25, 0.3) is 0 Å². The van der Waals surface area contributed by atoms with Gasteiger partial charge in [-0.2, -0.15) is 0 Å². The monoisotopic (exact) mass is 290 g/mol. The largest absolute Gasteiger partial charge is 0.381 e. The van der Waals surface area contributed by atoms with Crippen molar-refractivity contribution in [1.29, 1.82) is 0 Å². The molecule has 1 heterocycles. The number of halogens is 2. The SMILES string of the molecule is Cl.N[C@H](c1ccc(F)cc1[N+](=O)[O-])C1CCOCC1. The van der Waals surface area contributed by atoms with E-state index in [0.29, 0.717) is 18.8 Å². The minimum absolute atomic E-state index is 0. The third kappa shape index (κ3) is 3.62. The van der Waals surface area contributed by atoms with Crippen LogP contribution >= 0.6 is 12.4 Å². The fraction of sp³-hybridized carbons (Fsp3) is 0.500. The molecule has 1 aliphatic heterocycles. The van der Waals surface area contributed by atoms with Crippen LogP contribution in [0.2, 0.25) is 0 Å². The maximum Gasteiger partial charge on any atom is 0.277 e. The first-order valence-corrected chi connectivity index (χ1v) is 5.86. The lowest BCUT2D eigenvalue weighted by Gasteiger charge is -2.27. The molecule has 1 saturated heterocycles. The van der Waals surface area contributed by atoms with Crippen molar-refractivity contribution in [1.82, 2.24) is 0 Å². The molecule has 0 radical (unpaired) electrons. The summed E-state index contributed by atoms with van der Waals surface area (Å²) in [5.74, 6) is -0.479. The Hall–Kier alpha value is -1.24. The normalized spacial score (nSPS) is 17.6. The van der Waals surface area contributed by atoms with Crippen LogP contribution in [0.4, 0.5) is 10.1 Å². The highest BCUT2D eigenvalue weighted by Crippen LogP contribution is 2.33. The first kappa shape index (κ1) is 15.8. The Morgan fingerprint density at radius 1 is 1.42 bits per heavy atom. The summed E-state index contributed by atoms with van der Waals surface area (Å²) < 4.78 is 18.3. The molecule has 5 nitrogen and oxygen atoms in total. The second kappa shape index (κ2) is 6.79. The number of hydrogen-bond donors (Lipinski definition) is 1. The first-order valence-electron chi connectivity index (χ1n) is 5.86. The third-order valence-corrected chi connectivity index (χ3v) is 3.32.